The van der Waals surface area contributed by atoms with Crippen LogP contribution in [0.2, 0.25) is 0 Å². The number of pyridine rings is 1. The summed E-state index contributed by atoms with van der Waals surface area (Å²) in [5, 5.41) is 16.3. The van der Waals surface area contributed by atoms with Gasteiger partial charge in [-0.25, -0.2) is 4.98 Å². The van der Waals surface area contributed by atoms with Crippen molar-refractivity contribution in [3.63, 3.8) is 0 Å². The number of hydrogen-bond acceptors (Lipinski definition) is 4. The number of fused-ring (bicyclic) bond motifs is 1. The maximum absolute atomic E-state index is 12.7. The largest absolute Gasteiger partial charge is 0.393 e. The third-order valence-electron chi connectivity index (χ3n) is 5.44. The van der Waals surface area contributed by atoms with Crippen LogP contribution in [0, 0.1) is 11.8 Å². The normalized spacial score (nSPS) is 26.0. The van der Waals surface area contributed by atoms with Gasteiger partial charge in [-0.05, 0) is 62.7 Å². The summed E-state index contributed by atoms with van der Waals surface area (Å²) in [4.78, 5) is 17.1. The second-order valence-corrected chi connectivity index (χ2v) is 7.06. The number of amides is 1. The van der Waals surface area contributed by atoms with E-state index in [2.05, 4.69) is 15.6 Å². The maximum Gasteiger partial charge on any atom is 0.271 e. The Balaban J connectivity index is 1.51. The minimum absolute atomic E-state index is 0.108. The van der Waals surface area contributed by atoms with Gasteiger partial charge in [0.25, 0.3) is 5.91 Å². The van der Waals surface area contributed by atoms with Crippen molar-refractivity contribution >= 4 is 11.6 Å². The molecule has 1 atom stereocenters. The second-order valence-electron chi connectivity index (χ2n) is 7.06. The number of rotatable bonds is 4. The summed E-state index contributed by atoms with van der Waals surface area (Å²) in [5.41, 5.74) is 1.24. The Morgan fingerprint density at radius 3 is 2.79 bits per heavy atom. The van der Waals surface area contributed by atoms with Crippen LogP contribution in [-0.2, 0) is 0 Å². The molecule has 1 aliphatic carbocycles. The van der Waals surface area contributed by atoms with Crippen molar-refractivity contribution < 1.29 is 9.90 Å². The van der Waals surface area contributed by atoms with Crippen LogP contribution < -0.4 is 10.6 Å². The van der Waals surface area contributed by atoms with Crippen molar-refractivity contribution in [2.24, 2.45) is 11.8 Å². The van der Waals surface area contributed by atoms with E-state index in [1.807, 2.05) is 28.8 Å². The van der Waals surface area contributed by atoms with Gasteiger partial charge in [-0.3, -0.25) is 4.79 Å². The van der Waals surface area contributed by atoms with Gasteiger partial charge in [-0.15, -0.1) is 0 Å². The molecule has 1 aliphatic heterocycles. The number of hydrogen-bond donors (Lipinski definition) is 3. The highest BCUT2D eigenvalue weighted by Gasteiger charge is 2.39. The van der Waals surface area contributed by atoms with E-state index in [1.54, 1.807) is 6.20 Å². The number of carbonyl (C=O) groups is 1. The average molecular weight is 328 g/mol. The summed E-state index contributed by atoms with van der Waals surface area (Å²) in [6.45, 7) is 2.00. The van der Waals surface area contributed by atoms with Gasteiger partial charge in [0.05, 0.1) is 6.10 Å². The molecular formula is C18H24N4O2. The molecule has 4 rings (SSSR count). The summed E-state index contributed by atoms with van der Waals surface area (Å²) < 4.78 is 1.86. The predicted octanol–water partition coefficient (Wildman–Crippen LogP) is 1.20. The molecule has 2 aliphatic rings. The molecule has 6 nitrogen and oxygen atoms in total. The number of aromatic nitrogens is 2. The van der Waals surface area contributed by atoms with Gasteiger partial charge >= 0.3 is 0 Å². The number of aliphatic hydroxyl groups excluding tert-OH is 1. The molecule has 0 spiro atoms. The molecule has 128 valence electrons. The molecule has 1 saturated carbocycles. The Kier molecular flexibility index (Phi) is 4.24. The van der Waals surface area contributed by atoms with E-state index >= 15 is 0 Å². The Labute approximate surface area is 141 Å². The molecular weight excluding hydrogens is 304 g/mol. The van der Waals surface area contributed by atoms with Gasteiger partial charge < -0.3 is 20.1 Å². The van der Waals surface area contributed by atoms with Gasteiger partial charge in [0.15, 0.2) is 0 Å². The van der Waals surface area contributed by atoms with Gasteiger partial charge in [-0.2, -0.15) is 0 Å². The molecule has 3 N–H and O–H groups in total. The Hall–Kier alpha value is -1.92. The second kappa shape index (κ2) is 6.53. The number of carbonyl (C=O) groups excluding carboxylic acids is 1. The quantitative estimate of drug-likeness (QED) is 0.788. The van der Waals surface area contributed by atoms with Crippen LogP contribution >= 0.6 is 0 Å². The van der Waals surface area contributed by atoms with E-state index in [0.29, 0.717) is 17.5 Å². The van der Waals surface area contributed by atoms with E-state index in [9.17, 15) is 9.90 Å². The first-order valence-corrected chi connectivity index (χ1v) is 8.84. The summed E-state index contributed by atoms with van der Waals surface area (Å²) in [6.07, 6.45) is 7.20. The molecule has 1 saturated heterocycles. The fraction of sp³-hybridized carbons (Fsp3) is 0.556. The van der Waals surface area contributed by atoms with E-state index in [4.69, 9.17) is 0 Å². The summed E-state index contributed by atoms with van der Waals surface area (Å²) in [6, 6.07) is 5.86. The lowest BCUT2D eigenvalue weighted by Gasteiger charge is -2.43. The maximum atomic E-state index is 12.7. The zero-order valence-corrected chi connectivity index (χ0v) is 13.7. The lowest BCUT2D eigenvalue weighted by Crippen LogP contribution is -2.52. The molecule has 1 amide bonds. The Bertz CT molecular complexity index is 684. The SMILES string of the molecule is O=C(N[C@H](C1CCNCC1)C1CC(O)C1)c1cn2ccccc2n1. The highest BCUT2D eigenvalue weighted by molar-refractivity contribution is 5.93. The van der Waals surface area contributed by atoms with Crippen molar-refractivity contribution in [3.8, 4) is 0 Å². The standard InChI is InChI=1S/C18H24N4O2/c23-14-9-13(10-14)17(12-4-6-19-7-5-12)21-18(24)15-11-22-8-2-1-3-16(22)20-15/h1-3,8,11-14,17,19,23H,4-7,9-10H2,(H,21,24)/t13?,14?,17-/m1/s1. The van der Waals surface area contributed by atoms with Crippen LogP contribution in [0.5, 0.6) is 0 Å². The lowest BCUT2D eigenvalue weighted by atomic mass is 9.71. The highest BCUT2D eigenvalue weighted by atomic mass is 16.3. The van der Waals surface area contributed by atoms with E-state index in [0.717, 1.165) is 44.4 Å². The monoisotopic (exact) mass is 328 g/mol. The van der Waals surface area contributed by atoms with Crippen LogP contribution in [0.1, 0.15) is 36.2 Å². The third kappa shape index (κ3) is 3.03. The first-order chi connectivity index (χ1) is 11.7. The fourth-order valence-corrected chi connectivity index (χ4v) is 4.02. The van der Waals surface area contributed by atoms with Crippen LogP contribution in [0.3, 0.4) is 0 Å². The third-order valence-corrected chi connectivity index (χ3v) is 5.44. The number of nitrogens with zero attached hydrogens (tertiary/aromatic N) is 2. The van der Waals surface area contributed by atoms with E-state index in [-0.39, 0.29) is 18.1 Å². The van der Waals surface area contributed by atoms with Crippen molar-refractivity contribution in [2.45, 2.75) is 37.8 Å². The molecule has 3 heterocycles. The first-order valence-electron chi connectivity index (χ1n) is 8.84. The van der Waals surface area contributed by atoms with Crippen molar-refractivity contribution in [2.75, 3.05) is 13.1 Å². The predicted molar refractivity (Wildman–Crippen MR) is 90.8 cm³/mol. The van der Waals surface area contributed by atoms with Crippen molar-refractivity contribution in [1.82, 2.24) is 20.0 Å². The number of aliphatic hydroxyl groups is 1. The topological polar surface area (TPSA) is 78.7 Å². The summed E-state index contributed by atoms with van der Waals surface area (Å²) in [5.74, 6) is 0.748. The van der Waals surface area contributed by atoms with Gasteiger partial charge in [0.1, 0.15) is 11.3 Å². The zero-order chi connectivity index (χ0) is 16.5. The van der Waals surface area contributed by atoms with Crippen LogP contribution in [0.15, 0.2) is 30.6 Å². The van der Waals surface area contributed by atoms with E-state index in [1.165, 1.54) is 0 Å². The highest BCUT2D eigenvalue weighted by Crippen LogP contribution is 2.35. The Morgan fingerprint density at radius 1 is 1.29 bits per heavy atom. The summed E-state index contributed by atoms with van der Waals surface area (Å²) >= 11 is 0. The molecule has 0 unspecified atom stereocenters. The average Bonchev–Trinajstić information content (AvgIpc) is 3.02. The molecule has 24 heavy (non-hydrogen) atoms. The molecule has 6 heteroatoms. The fourth-order valence-electron chi connectivity index (χ4n) is 4.02. The van der Waals surface area contributed by atoms with Gasteiger partial charge in [0, 0.05) is 18.4 Å². The molecule has 2 aromatic rings. The van der Waals surface area contributed by atoms with Crippen LogP contribution in [-0.4, -0.2) is 45.6 Å². The van der Waals surface area contributed by atoms with Crippen molar-refractivity contribution in [3.05, 3.63) is 36.3 Å². The Morgan fingerprint density at radius 2 is 2.08 bits per heavy atom. The molecule has 0 aromatic carbocycles. The molecule has 2 fully saturated rings. The van der Waals surface area contributed by atoms with Crippen LogP contribution in [0.4, 0.5) is 0 Å². The number of nitrogens with one attached hydrogen (secondary N) is 2. The smallest absolute Gasteiger partial charge is 0.271 e. The minimum atomic E-state index is -0.202. The number of piperidine rings is 1. The zero-order valence-electron chi connectivity index (χ0n) is 13.7. The molecule has 0 radical (unpaired) electrons. The van der Waals surface area contributed by atoms with E-state index < -0.39 is 0 Å². The molecule has 2 aromatic heterocycles. The van der Waals surface area contributed by atoms with Gasteiger partial charge in [0.2, 0.25) is 0 Å². The lowest BCUT2D eigenvalue weighted by molar-refractivity contribution is 0.00914. The van der Waals surface area contributed by atoms with Crippen molar-refractivity contribution in [1.29, 1.82) is 0 Å². The first kappa shape index (κ1) is 15.6. The number of imidazole rings is 1. The van der Waals surface area contributed by atoms with Crippen LogP contribution in [0.25, 0.3) is 5.65 Å². The van der Waals surface area contributed by atoms with Gasteiger partial charge in [-0.1, -0.05) is 6.07 Å². The minimum Gasteiger partial charge on any atom is -0.393 e. The molecule has 0 bridgehead atoms. The summed E-state index contributed by atoms with van der Waals surface area (Å²) in [7, 11) is 0.